The summed E-state index contributed by atoms with van der Waals surface area (Å²) >= 11 is 9.16. The van der Waals surface area contributed by atoms with Crippen LogP contribution in [0.1, 0.15) is 11.1 Å². The van der Waals surface area contributed by atoms with Crippen LogP contribution in [0, 0.1) is 0 Å². The Morgan fingerprint density at radius 2 is 1.96 bits per heavy atom. The number of phenols is 1. The van der Waals surface area contributed by atoms with Gasteiger partial charge in [-0.2, -0.15) is 0 Å². The monoisotopic (exact) mass is 436 g/mol. The molecule has 1 aliphatic heterocycles. The zero-order chi connectivity index (χ0) is 18.8. The fraction of sp³-hybridized carbons (Fsp3) is 0.111. The molecule has 26 heavy (non-hydrogen) atoms. The Hall–Kier alpha value is -2.51. The van der Waals surface area contributed by atoms with Crippen molar-refractivity contribution in [2.24, 2.45) is 0 Å². The van der Waals surface area contributed by atoms with E-state index in [1.165, 1.54) is 13.2 Å². The third kappa shape index (κ3) is 3.68. The molecular weight excluding hydrogens is 424 g/mol. The number of nitrogens with one attached hydrogen (secondary N) is 1. The van der Waals surface area contributed by atoms with E-state index in [4.69, 9.17) is 16.3 Å². The molecule has 0 unspecified atom stereocenters. The minimum Gasteiger partial charge on any atom is -0.504 e. The largest absolute Gasteiger partial charge is 0.504 e. The van der Waals surface area contributed by atoms with Crippen molar-refractivity contribution in [3.05, 3.63) is 62.7 Å². The molecule has 1 heterocycles. The maximum atomic E-state index is 12.6. The van der Waals surface area contributed by atoms with E-state index in [9.17, 15) is 14.7 Å². The normalized spacial score (nSPS) is 15.5. The molecule has 0 bridgehead atoms. The number of amides is 3. The van der Waals surface area contributed by atoms with Crippen LogP contribution in [0.3, 0.4) is 0 Å². The van der Waals surface area contributed by atoms with E-state index in [0.29, 0.717) is 15.1 Å². The molecule has 0 saturated carbocycles. The highest BCUT2D eigenvalue weighted by molar-refractivity contribution is 9.10. The van der Waals surface area contributed by atoms with E-state index in [1.54, 1.807) is 36.4 Å². The molecule has 1 saturated heterocycles. The lowest BCUT2D eigenvalue weighted by Gasteiger charge is -2.11. The summed E-state index contributed by atoms with van der Waals surface area (Å²) < 4.78 is 5.75. The van der Waals surface area contributed by atoms with Gasteiger partial charge in [0.2, 0.25) is 0 Å². The van der Waals surface area contributed by atoms with Gasteiger partial charge in [-0.25, -0.2) is 4.79 Å². The van der Waals surface area contributed by atoms with Crippen LogP contribution in [0.4, 0.5) is 4.79 Å². The number of rotatable bonds is 4. The van der Waals surface area contributed by atoms with Crippen molar-refractivity contribution in [3.8, 4) is 11.5 Å². The fourth-order valence-corrected chi connectivity index (χ4v) is 3.08. The van der Waals surface area contributed by atoms with E-state index in [-0.39, 0.29) is 23.7 Å². The van der Waals surface area contributed by atoms with Gasteiger partial charge in [0.15, 0.2) is 11.5 Å². The molecule has 8 heteroatoms. The number of benzene rings is 2. The second-order valence-corrected chi connectivity index (χ2v) is 6.90. The molecule has 0 atom stereocenters. The third-order valence-corrected chi connectivity index (χ3v) is 4.52. The number of halogens is 2. The summed E-state index contributed by atoms with van der Waals surface area (Å²) in [5.41, 5.74) is 1.18. The van der Waals surface area contributed by atoms with Gasteiger partial charge in [-0.15, -0.1) is 0 Å². The maximum absolute atomic E-state index is 12.6. The van der Waals surface area contributed by atoms with Crippen molar-refractivity contribution in [1.82, 2.24) is 10.2 Å². The summed E-state index contributed by atoms with van der Waals surface area (Å²) in [7, 11) is 1.43. The standard InChI is InChI=1S/C18H14BrClN2O4/c1-26-15-8-12(19)6-11(16(15)23)7-14-17(24)22(18(25)21-14)9-10-2-4-13(20)5-3-10/h2-8,23H,9H2,1H3,(H,21,25). The second-order valence-electron chi connectivity index (χ2n) is 5.55. The zero-order valence-electron chi connectivity index (χ0n) is 13.6. The average Bonchev–Trinajstić information content (AvgIpc) is 2.87. The lowest BCUT2D eigenvalue weighted by molar-refractivity contribution is -0.123. The van der Waals surface area contributed by atoms with Gasteiger partial charge in [0, 0.05) is 15.1 Å². The zero-order valence-corrected chi connectivity index (χ0v) is 16.0. The van der Waals surface area contributed by atoms with Crippen LogP contribution in [0.2, 0.25) is 5.02 Å². The number of urea groups is 1. The fourth-order valence-electron chi connectivity index (χ4n) is 2.50. The molecule has 2 N–H and O–H groups in total. The molecule has 1 fully saturated rings. The first kappa shape index (κ1) is 18.3. The molecule has 134 valence electrons. The summed E-state index contributed by atoms with van der Waals surface area (Å²) in [6.07, 6.45) is 1.41. The summed E-state index contributed by atoms with van der Waals surface area (Å²) in [6, 6.07) is 9.56. The van der Waals surface area contributed by atoms with Gasteiger partial charge >= 0.3 is 6.03 Å². The highest BCUT2D eigenvalue weighted by Crippen LogP contribution is 2.35. The molecular formula is C18H14BrClN2O4. The predicted molar refractivity (Wildman–Crippen MR) is 101 cm³/mol. The van der Waals surface area contributed by atoms with Gasteiger partial charge in [-0.05, 0) is 35.9 Å². The number of carbonyl (C=O) groups excluding carboxylic acids is 2. The third-order valence-electron chi connectivity index (χ3n) is 3.81. The number of hydrogen-bond donors (Lipinski definition) is 2. The Balaban J connectivity index is 1.88. The first-order valence-corrected chi connectivity index (χ1v) is 8.71. The SMILES string of the molecule is COc1cc(Br)cc(C=C2NC(=O)N(Cc3ccc(Cl)cc3)C2=O)c1O. The highest BCUT2D eigenvalue weighted by atomic mass is 79.9. The molecule has 0 aliphatic carbocycles. The number of aromatic hydroxyl groups is 1. The average molecular weight is 438 g/mol. The molecule has 0 aromatic heterocycles. The van der Waals surface area contributed by atoms with Crippen LogP contribution >= 0.6 is 27.5 Å². The number of hydrogen-bond acceptors (Lipinski definition) is 4. The van der Waals surface area contributed by atoms with Crippen LogP contribution < -0.4 is 10.1 Å². The van der Waals surface area contributed by atoms with Crippen LogP contribution in [0.5, 0.6) is 11.5 Å². The van der Waals surface area contributed by atoms with E-state index >= 15 is 0 Å². The van der Waals surface area contributed by atoms with Crippen molar-refractivity contribution < 1.29 is 19.4 Å². The topological polar surface area (TPSA) is 78.9 Å². The van der Waals surface area contributed by atoms with Gasteiger partial charge in [-0.1, -0.05) is 39.7 Å². The van der Waals surface area contributed by atoms with Gasteiger partial charge < -0.3 is 15.2 Å². The first-order valence-electron chi connectivity index (χ1n) is 7.54. The Morgan fingerprint density at radius 1 is 1.27 bits per heavy atom. The minimum atomic E-state index is -0.530. The molecule has 2 aromatic rings. The van der Waals surface area contributed by atoms with Crippen LogP contribution in [0.25, 0.3) is 6.08 Å². The van der Waals surface area contributed by atoms with Gasteiger partial charge in [-0.3, -0.25) is 9.69 Å². The number of imide groups is 1. The maximum Gasteiger partial charge on any atom is 0.329 e. The Bertz CT molecular complexity index is 912. The van der Waals surface area contributed by atoms with E-state index in [0.717, 1.165) is 10.5 Å². The first-order chi connectivity index (χ1) is 12.4. The smallest absolute Gasteiger partial charge is 0.329 e. The van der Waals surface area contributed by atoms with Crippen molar-refractivity contribution in [2.75, 3.05) is 7.11 Å². The summed E-state index contributed by atoms with van der Waals surface area (Å²) in [5.74, 6) is -0.356. The van der Waals surface area contributed by atoms with E-state index in [1.807, 2.05) is 0 Å². The van der Waals surface area contributed by atoms with E-state index in [2.05, 4.69) is 21.2 Å². The van der Waals surface area contributed by atoms with E-state index < -0.39 is 11.9 Å². The van der Waals surface area contributed by atoms with Crippen molar-refractivity contribution >= 4 is 45.5 Å². The second kappa shape index (κ2) is 7.39. The molecule has 3 rings (SSSR count). The summed E-state index contributed by atoms with van der Waals surface area (Å²) in [4.78, 5) is 25.8. The van der Waals surface area contributed by atoms with Crippen molar-refractivity contribution in [1.29, 1.82) is 0 Å². The number of methoxy groups -OCH3 is 1. The van der Waals surface area contributed by atoms with Crippen LogP contribution in [0.15, 0.2) is 46.6 Å². The van der Waals surface area contributed by atoms with Crippen molar-refractivity contribution in [2.45, 2.75) is 6.54 Å². The molecule has 1 aliphatic rings. The number of phenolic OH excluding ortho intramolecular Hbond substituents is 1. The quantitative estimate of drug-likeness (QED) is 0.561. The number of ether oxygens (including phenoxy) is 1. The number of carbonyl (C=O) groups is 2. The van der Waals surface area contributed by atoms with Crippen molar-refractivity contribution in [3.63, 3.8) is 0 Å². The molecule has 6 nitrogen and oxygen atoms in total. The highest BCUT2D eigenvalue weighted by Gasteiger charge is 2.33. The van der Waals surface area contributed by atoms with Crippen LogP contribution in [-0.2, 0) is 11.3 Å². The van der Waals surface area contributed by atoms with Crippen LogP contribution in [-0.4, -0.2) is 29.1 Å². The Kier molecular flexibility index (Phi) is 5.20. The lowest BCUT2D eigenvalue weighted by Crippen LogP contribution is -2.30. The molecule has 3 amide bonds. The Morgan fingerprint density at radius 3 is 2.62 bits per heavy atom. The summed E-state index contributed by atoms with van der Waals surface area (Å²) in [6.45, 7) is 0.118. The van der Waals surface area contributed by atoms with Gasteiger partial charge in [0.05, 0.1) is 13.7 Å². The molecule has 0 radical (unpaired) electrons. The Labute approximate surface area is 163 Å². The number of nitrogens with zero attached hydrogens (tertiary/aromatic N) is 1. The van der Waals surface area contributed by atoms with Gasteiger partial charge in [0.25, 0.3) is 5.91 Å². The van der Waals surface area contributed by atoms with Gasteiger partial charge in [0.1, 0.15) is 5.70 Å². The molecule has 0 spiro atoms. The lowest BCUT2D eigenvalue weighted by atomic mass is 10.1. The summed E-state index contributed by atoms with van der Waals surface area (Å²) in [5, 5.41) is 13.3. The molecule has 2 aromatic carbocycles. The minimum absolute atomic E-state index is 0.0689. The predicted octanol–water partition coefficient (Wildman–Crippen LogP) is 3.91.